The first-order valence-corrected chi connectivity index (χ1v) is 11.0. The number of nitrogens with zero attached hydrogens (tertiary/aromatic N) is 2. The van der Waals surface area contributed by atoms with Crippen LogP contribution in [0.2, 0.25) is 0 Å². The number of thiocarbonyl (C=S) groups is 1. The number of nitrogens with one attached hydrogen (secondary N) is 1. The number of hydrogen-bond donors (Lipinski definition) is 1. The van der Waals surface area contributed by atoms with Gasteiger partial charge in [0.25, 0.3) is 0 Å². The molecular weight excluding hydrogens is 402 g/mol. The minimum absolute atomic E-state index is 0.774. The van der Waals surface area contributed by atoms with E-state index in [1.54, 1.807) is 0 Å². The Morgan fingerprint density at radius 1 is 0.806 bits per heavy atom. The van der Waals surface area contributed by atoms with Crippen LogP contribution in [-0.4, -0.2) is 47.6 Å². The van der Waals surface area contributed by atoms with Gasteiger partial charge in [-0.25, -0.2) is 0 Å². The first-order valence-electron chi connectivity index (χ1n) is 10.6. The molecule has 1 N–H and O–H groups in total. The van der Waals surface area contributed by atoms with Gasteiger partial charge in [-0.15, -0.1) is 0 Å². The van der Waals surface area contributed by atoms with Crippen LogP contribution in [0.3, 0.4) is 0 Å². The number of para-hydroxylation sites is 1. The zero-order valence-electron chi connectivity index (χ0n) is 17.5. The molecule has 0 radical (unpaired) electrons. The smallest absolute Gasteiger partial charge is 0.173 e. The van der Waals surface area contributed by atoms with Gasteiger partial charge in [0, 0.05) is 38.4 Å². The van der Waals surface area contributed by atoms with Crippen LogP contribution in [-0.2, 0) is 0 Å². The molecule has 3 aromatic carbocycles. The fourth-order valence-electron chi connectivity index (χ4n) is 3.47. The summed E-state index contributed by atoms with van der Waals surface area (Å²) in [5.74, 6) is 1.63. The largest absolute Gasteiger partial charge is 0.457 e. The summed E-state index contributed by atoms with van der Waals surface area (Å²) >= 11 is 5.63. The van der Waals surface area contributed by atoms with Gasteiger partial charge in [0.15, 0.2) is 5.11 Å². The Kier molecular flexibility index (Phi) is 7.32. The zero-order chi connectivity index (χ0) is 21.3. The number of benzene rings is 3. The lowest BCUT2D eigenvalue weighted by atomic mass is 10.2. The van der Waals surface area contributed by atoms with Crippen LogP contribution in [0.4, 0.5) is 5.69 Å². The van der Waals surface area contributed by atoms with Crippen LogP contribution < -0.4 is 10.1 Å². The van der Waals surface area contributed by atoms with Gasteiger partial charge in [0.2, 0.25) is 0 Å². The van der Waals surface area contributed by atoms with Gasteiger partial charge in [0.05, 0.1) is 0 Å². The Labute approximate surface area is 189 Å². The van der Waals surface area contributed by atoms with Gasteiger partial charge in [-0.3, -0.25) is 4.90 Å². The molecule has 1 fully saturated rings. The monoisotopic (exact) mass is 429 g/mol. The number of hydrogen-bond acceptors (Lipinski definition) is 3. The van der Waals surface area contributed by atoms with Gasteiger partial charge in [-0.2, -0.15) is 0 Å². The summed E-state index contributed by atoms with van der Waals surface area (Å²) in [6, 6.07) is 28.1. The molecule has 1 aliphatic rings. The van der Waals surface area contributed by atoms with E-state index in [-0.39, 0.29) is 0 Å². The Balaban J connectivity index is 1.21. The number of ether oxygens (including phenoxy) is 1. The highest BCUT2D eigenvalue weighted by atomic mass is 32.1. The van der Waals surface area contributed by atoms with Crippen LogP contribution in [0.5, 0.6) is 11.5 Å². The molecule has 4 rings (SSSR count). The first-order chi connectivity index (χ1) is 15.3. The van der Waals surface area contributed by atoms with E-state index in [0.29, 0.717) is 0 Å². The van der Waals surface area contributed by atoms with Crippen molar-refractivity contribution < 1.29 is 4.74 Å². The molecule has 0 aliphatic carbocycles. The van der Waals surface area contributed by atoms with Gasteiger partial charge in [-0.1, -0.05) is 60.7 Å². The molecule has 0 unspecified atom stereocenters. The second-order valence-corrected chi connectivity index (χ2v) is 7.86. The summed E-state index contributed by atoms with van der Waals surface area (Å²) in [5, 5.41) is 4.13. The topological polar surface area (TPSA) is 27.7 Å². The Bertz CT molecular complexity index is 982. The highest BCUT2D eigenvalue weighted by Gasteiger charge is 2.18. The summed E-state index contributed by atoms with van der Waals surface area (Å²) in [5.41, 5.74) is 2.21. The average Bonchev–Trinajstić information content (AvgIpc) is 2.82. The first kappa shape index (κ1) is 21.1. The van der Waals surface area contributed by atoms with Crippen molar-refractivity contribution in [3.8, 4) is 11.5 Å². The molecule has 0 amide bonds. The van der Waals surface area contributed by atoms with Crippen molar-refractivity contribution in [1.29, 1.82) is 0 Å². The maximum Gasteiger partial charge on any atom is 0.173 e. The van der Waals surface area contributed by atoms with Gasteiger partial charge >= 0.3 is 0 Å². The molecule has 0 atom stereocenters. The highest BCUT2D eigenvalue weighted by molar-refractivity contribution is 7.80. The minimum atomic E-state index is 0.774. The molecule has 3 aromatic rings. The predicted molar refractivity (Wildman–Crippen MR) is 133 cm³/mol. The summed E-state index contributed by atoms with van der Waals surface area (Å²) < 4.78 is 5.84. The lowest BCUT2D eigenvalue weighted by Crippen LogP contribution is -2.49. The normalized spacial score (nSPS) is 14.5. The molecule has 1 saturated heterocycles. The van der Waals surface area contributed by atoms with E-state index in [0.717, 1.165) is 55.0 Å². The molecule has 1 heterocycles. The maximum absolute atomic E-state index is 5.84. The third-order valence-electron chi connectivity index (χ3n) is 5.22. The van der Waals surface area contributed by atoms with E-state index in [2.05, 4.69) is 51.5 Å². The molecule has 5 heteroatoms. The van der Waals surface area contributed by atoms with Crippen LogP contribution in [0, 0.1) is 0 Å². The van der Waals surface area contributed by atoms with E-state index in [1.165, 1.54) is 5.56 Å². The predicted octanol–water partition coefficient (Wildman–Crippen LogP) is 5.51. The van der Waals surface area contributed by atoms with E-state index in [1.807, 2.05) is 60.7 Å². The van der Waals surface area contributed by atoms with E-state index in [4.69, 9.17) is 17.0 Å². The Morgan fingerprint density at radius 3 is 2.10 bits per heavy atom. The van der Waals surface area contributed by atoms with Gasteiger partial charge in [0.1, 0.15) is 11.5 Å². The standard InChI is InChI=1S/C26H27N3OS/c31-26(27-23-13-15-25(16-14-23)30-24-11-5-2-6-12-24)29-20-18-28(19-21-29)17-7-10-22-8-3-1-4-9-22/h1-16H,17-21H2,(H,27,31)/b10-7+. The van der Waals surface area contributed by atoms with Gasteiger partial charge < -0.3 is 15.0 Å². The lowest BCUT2D eigenvalue weighted by Gasteiger charge is -2.35. The number of anilines is 1. The van der Waals surface area contributed by atoms with Crippen molar-refractivity contribution in [2.24, 2.45) is 0 Å². The lowest BCUT2D eigenvalue weighted by molar-refractivity contribution is 0.200. The van der Waals surface area contributed by atoms with Crippen molar-refractivity contribution in [2.75, 3.05) is 38.0 Å². The summed E-state index contributed by atoms with van der Waals surface area (Å²) in [7, 11) is 0. The number of piperazine rings is 1. The fraction of sp³-hybridized carbons (Fsp3) is 0.192. The molecule has 0 aromatic heterocycles. The summed E-state index contributed by atoms with van der Waals surface area (Å²) in [4.78, 5) is 4.69. The SMILES string of the molecule is S=C(Nc1ccc(Oc2ccccc2)cc1)N1CCN(C/C=C/c2ccccc2)CC1. The highest BCUT2D eigenvalue weighted by Crippen LogP contribution is 2.22. The average molecular weight is 430 g/mol. The van der Waals surface area contributed by atoms with Crippen LogP contribution in [0.25, 0.3) is 6.08 Å². The number of rotatable bonds is 6. The molecule has 0 saturated carbocycles. The third-order valence-corrected chi connectivity index (χ3v) is 5.58. The second-order valence-electron chi connectivity index (χ2n) is 7.47. The Morgan fingerprint density at radius 2 is 1.42 bits per heavy atom. The molecule has 0 bridgehead atoms. The van der Waals surface area contributed by atoms with Crippen molar-refractivity contribution in [2.45, 2.75) is 0 Å². The third kappa shape index (κ3) is 6.41. The second kappa shape index (κ2) is 10.8. The minimum Gasteiger partial charge on any atom is -0.457 e. The van der Waals surface area contributed by atoms with Crippen molar-refractivity contribution >= 4 is 29.1 Å². The molecule has 158 valence electrons. The zero-order valence-corrected chi connectivity index (χ0v) is 18.3. The molecule has 0 spiro atoms. The van der Waals surface area contributed by atoms with Crippen molar-refractivity contribution in [3.05, 3.63) is 96.6 Å². The van der Waals surface area contributed by atoms with Gasteiger partial charge in [-0.05, 0) is 54.2 Å². The van der Waals surface area contributed by atoms with Crippen LogP contribution in [0.1, 0.15) is 5.56 Å². The fourth-order valence-corrected chi connectivity index (χ4v) is 3.77. The molecular formula is C26H27N3OS. The van der Waals surface area contributed by atoms with E-state index >= 15 is 0 Å². The van der Waals surface area contributed by atoms with Crippen LogP contribution >= 0.6 is 12.2 Å². The van der Waals surface area contributed by atoms with E-state index in [9.17, 15) is 0 Å². The van der Waals surface area contributed by atoms with E-state index < -0.39 is 0 Å². The van der Waals surface area contributed by atoms with Crippen LogP contribution in [0.15, 0.2) is 91.0 Å². The Hall–Kier alpha value is -3.15. The van der Waals surface area contributed by atoms with Crippen molar-refractivity contribution in [3.63, 3.8) is 0 Å². The molecule has 4 nitrogen and oxygen atoms in total. The summed E-state index contributed by atoms with van der Waals surface area (Å²) in [6.45, 7) is 4.84. The van der Waals surface area contributed by atoms with Crippen molar-refractivity contribution in [1.82, 2.24) is 9.80 Å². The molecule has 1 aliphatic heterocycles. The maximum atomic E-state index is 5.84. The molecule has 31 heavy (non-hydrogen) atoms. The summed E-state index contributed by atoms with van der Waals surface area (Å²) in [6.07, 6.45) is 4.42. The quantitative estimate of drug-likeness (QED) is 0.522.